The molecule has 0 fully saturated rings. The number of nitrogens with zero attached hydrogens (tertiary/aromatic N) is 1. The average Bonchev–Trinajstić information content (AvgIpc) is 2.54. The van der Waals surface area contributed by atoms with Crippen LogP contribution in [0.3, 0.4) is 0 Å². The van der Waals surface area contributed by atoms with Crippen LogP contribution in [-0.4, -0.2) is 41.6 Å². The molecule has 136 valence electrons. The van der Waals surface area contributed by atoms with Crippen molar-refractivity contribution in [2.75, 3.05) is 25.1 Å². The Balaban J connectivity index is 2.16. The van der Waals surface area contributed by atoms with E-state index in [-0.39, 0.29) is 11.4 Å². The summed E-state index contributed by atoms with van der Waals surface area (Å²) in [4.78, 5) is 0.0857. The van der Waals surface area contributed by atoms with Gasteiger partial charge in [0.05, 0.1) is 18.3 Å². The minimum atomic E-state index is -3.69. The zero-order valence-electron chi connectivity index (χ0n) is 14.1. The zero-order valence-corrected chi connectivity index (χ0v) is 15.8. The van der Waals surface area contributed by atoms with Gasteiger partial charge < -0.3 is 4.74 Å². The van der Waals surface area contributed by atoms with E-state index in [0.717, 1.165) is 11.8 Å². The Labute approximate surface area is 148 Å². The lowest BCUT2D eigenvalue weighted by Crippen LogP contribution is -2.26. The van der Waals surface area contributed by atoms with Crippen molar-refractivity contribution in [2.24, 2.45) is 0 Å². The maximum absolute atomic E-state index is 12.6. The summed E-state index contributed by atoms with van der Waals surface area (Å²) in [5, 5.41) is 0. The number of hydrogen-bond acceptors (Lipinski definition) is 5. The molecule has 0 bridgehead atoms. The molecule has 1 N–H and O–H groups in total. The smallest absolute Gasteiger partial charge is 0.243 e. The Morgan fingerprint density at radius 3 is 2.00 bits per heavy atom. The van der Waals surface area contributed by atoms with Crippen LogP contribution in [0.1, 0.15) is 5.56 Å². The molecule has 9 heteroatoms. The first kappa shape index (κ1) is 19.2. The molecule has 0 aliphatic heterocycles. The normalized spacial score (nSPS) is 12.2. The van der Waals surface area contributed by atoms with Gasteiger partial charge in [0.1, 0.15) is 5.75 Å². The van der Waals surface area contributed by atoms with E-state index in [1.165, 1.54) is 35.6 Å². The molecule has 2 aromatic rings. The molecule has 0 radical (unpaired) electrons. The molecule has 0 unspecified atom stereocenters. The van der Waals surface area contributed by atoms with Gasteiger partial charge in [-0.1, -0.05) is 12.1 Å². The lowest BCUT2D eigenvalue weighted by molar-refractivity contribution is 0.414. The van der Waals surface area contributed by atoms with Crippen LogP contribution in [0.2, 0.25) is 0 Å². The molecule has 0 aliphatic rings. The Kier molecular flexibility index (Phi) is 5.71. The van der Waals surface area contributed by atoms with Crippen LogP contribution in [0.5, 0.6) is 5.75 Å². The number of ether oxygens (including phenoxy) is 1. The number of benzene rings is 2. The maximum atomic E-state index is 12.6. The largest absolute Gasteiger partial charge is 0.497 e. The molecule has 0 atom stereocenters. The summed E-state index contributed by atoms with van der Waals surface area (Å²) < 4.78 is 56.2. The third-order valence-corrected chi connectivity index (χ3v) is 5.85. The van der Waals surface area contributed by atoms with Crippen molar-refractivity contribution in [3.8, 4) is 5.75 Å². The van der Waals surface area contributed by atoms with Crippen molar-refractivity contribution < 1.29 is 21.6 Å². The van der Waals surface area contributed by atoms with Gasteiger partial charge in [-0.3, -0.25) is 4.72 Å². The highest BCUT2D eigenvalue weighted by Crippen LogP contribution is 2.20. The van der Waals surface area contributed by atoms with Crippen LogP contribution in [0, 0.1) is 0 Å². The molecule has 2 aromatic carbocycles. The van der Waals surface area contributed by atoms with Crippen LogP contribution in [-0.2, 0) is 26.6 Å². The second kappa shape index (κ2) is 7.42. The van der Waals surface area contributed by atoms with Crippen molar-refractivity contribution in [3.63, 3.8) is 0 Å². The maximum Gasteiger partial charge on any atom is 0.243 e. The van der Waals surface area contributed by atoms with Gasteiger partial charge in [0.15, 0.2) is 0 Å². The highest BCUT2D eigenvalue weighted by Gasteiger charge is 2.21. The number of anilines is 1. The van der Waals surface area contributed by atoms with Gasteiger partial charge in [-0.25, -0.2) is 16.8 Å². The Bertz CT molecular complexity index is 921. The number of sulfonamides is 2. The lowest BCUT2D eigenvalue weighted by atomic mass is 10.2. The fourth-order valence-corrected chi connectivity index (χ4v) is 3.89. The van der Waals surface area contributed by atoms with Gasteiger partial charge in [0, 0.05) is 19.3 Å². The highest BCUT2D eigenvalue weighted by atomic mass is 32.2. The van der Waals surface area contributed by atoms with Crippen LogP contribution >= 0.6 is 0 Å². The predicted octanol–water partition coefficient (Wildman–Crippen LogP) is 1.89. The summed E-state index contributed by atoms with van der Waals surface area (Å²) in [7, 11) is -4.05. The van der Waals surface area contributed by atoms with Crippen LogP contribution in [0.25, 0.3) is 0 Å². The lowest BCUT2D eigenvalue weighted by Gasteiger charge is -2.18. The van der Waals surface area contributed by atoms with Gasteiger partial charge >= 0.3 is 0 Å². The summed E-state index contributed by atoms with van der Waals surface area (Å²) in [6.45, 7) is 0.204. The number of nitrogens with one attached hydrogen (secondary N) is 1. The third kappa shape index (κ3) is 5.18. The fourth-order valence-electron chi connectivity index (χ4n) is 2.16. The summed E-state index contributed by atoms with van der Waals surface area (Å²) in [6, 6.07) is 12.7. The predicted molar refractivity (Wildman–Crippen MR) is 96.6 cm³/mol. The Hall–Kier alpha value is -2.10. The second-order valence-corrected chi connectivity index (χ2v) is 9.30. The fraction of sp³-hybridized carbons (Fsp3) is 0.250. The van der Waals surface area contributed by atoms with E-state index >= 15 is 0 Å². The number of rotatable bonds is 7. The Morgan fingerprint density at radius 1 is 0.960 bits per heavy atom. The molecule has 7 nitrogen and oxygen atoms in total. The van der Waals surface area contributed by atoms with Gasteiger partial charge in [-0.15, -0.1) is 0 Å². The standard InChI is InChI=1S/C16H20N2O5S2/c1-18(12-13-4-8-15(23-2)9-5-13)25(21,22)16-10-6-14(7-11-16)17-24(3,19)20/h4-11,17H,12H2,1-3H3. The zero-order chi connectivity index (χ0) is 18.7. The van der Waals surface area contributed by atoms with E-state index in [1.807, 2.05) is 0 Å². The average molecular weight is 384 g/mol. The van der Waals surface area contributed by atoms with E-state index in [4.69, 9.17) is 4.74 Å². The molecule has 0 heterocycles. The summed E-state index contributed by atoms with van der Waals surface area (Å²) >= 11 is 0. The first-order valence-electron chi connectivity index (χ1n) is 7.29. The molecule has 0 spiro atoms. The topological polar surface area (TPSA) is 92.8 Å². The first-order chi connectivity index (χ1) is 11.6. The number of methoxy groups -OCH3 is 1. The Morgan fingerprint density at radius 2 is 1.52 bits per heavy atom. The molecule has 0 saturated carbocycles. The molecule has 0 saturated heterocycles. The van der Waals surface area contributed by atoms with Crippen molar-refractivity contribution >= 4 is 25.7 Å². The van der Waals surface area contributed by atoms with Crippen molar-refractivity contribution in [1.29, 1.82) is 0 Å². The van der Waals surface area contributed by atoms with Crippen molar-refractivity contribution in [1.82, 2.24) is 4.31 Å². The molecule has 2 rings (SSSR count). The molecule has 25 heavy (non-hydrogen) atoms. The van der Waals surface area contributed by atoms with Crippen molar-refractivity contribution in [2.45, 2.75) is 11.4 Å². The van der Waals surface area contributed by atoms with Gasteiger partial charge in [0.2, 0.25) is 20.0 Å². The van der Waals surface area contributed by atoms with Crippen LogP contribution in [0.15, 0.2) is 53.4 Å². The quantitative estimate of drug-likeness (QED) is 0.787. The van der Waals surface area contributed by atoms with Gasteiger partial charge in [0.25, 0.3) is 0 Å². The molecular weight excluding hydrogens is 364 g/mol. The summed E-state index contributed by atoms with van der Waals surface area (Å²) in [6.07, 6.45) is 1.03. The SMILES string of the molecule is COc1ccc(CN(C)S(=O)(=O)c2ccc(NS(C)(=O)=O)cc2)cc1. The van der Waals surface area contributed by atoms with E-state index in [2.05, 4.69) is 4.72 Å². The summed E-state index contributed by atoms with van der Waals surface area (Å²) in [5.41, 5.74) is 1.13. The molecule has 0 aliphatic carbocycles. The van der Waals surface area contributed by atoms with E-state index < -0.39 is 20.0 Å². The van der Waals surface area contributed by atoms with Crippen LogP contribution in [0.4, 0.5) is 5.69 Å². The molecular formula is C16H20N2O5S2. The number of hydrogen-bond donors (Lipinski definition) is 1. The third-order valence-electron chi connectivity index (χ3n) is 3.43. The summed E-state index contributed by atoms with van der Waals surface area (Å²) in [5.74, 6) is 0.697. The van der Waals surface area contributed by atoms with E-state index in [1.54, 1.807) is 31.4 Å². The highest BCUT2D eigenvalue weighted by molar-refractivity contribution is 7.92. The van der Waals surface area contributed by atoms with Crippen molar-refractivity contribution in [3.05, 3.63) is 54.1 Å². The first-order valence-corrected chi connectivity index (χ1v) is 10.6. The minimum Gasteiger partial charge on any atom is -0.497 e. The second-order valence-electron chi connectivity index (χ2n) is 5.51. The molecule has 0 amide bonds. The van der Waals surface area contributed by atoms with Gasteiger partial charge in [-0.2, -0.15) is 4.31 Å². The minimum absolute atomic E-state index is 0.0857. The monoisotopic (exact) mass is 384 g/mol. The van der Waals surface area contributed by atoms with E-state index in [0.29, 0.717) is 11.4 Å². The van der Waals surface area contributed by atoms with Crippen LogP contribution < -0.4 is 9.46 Å². The van der Waals surface area contributed by atoms with E-state index in [9.17, 15) is 16.8 Å². The van der Waals surface area contributed by atoms with Gasteiger partial charge in [-0.05, 0) is 42.0 Å². The molecule has 0 aromatic heterocycles.